The van der Waals surface area contributed by atoms with Gasteiger partial charge in [0.15, 0.2) is 0 Å². The molecular weight excluding hydrogens is 318 g/mol. The second-order valence-electron chi connectivity index (χ2n) is 5.35. The highest BCUT2D eigenvalue weighted by molar-refractivity contribution is 5.28. The van der Waals surface area contributed by atoms with Gasteiger partial charge in [0.1, 0.15) is 5.60 Å². The third kappa shape index (κ3) is 9.54. The van der Waals surface area contributed by atoms with Gasteiger partial charge in [0.05, 0.1) is 12.6 Å². The predicted molar refractivity (Wildman–Crippen MR) is 121 cm³/mol. The molecule has 2 atom stereocenters. The van der Waals surface area contributed by atoms with Crippen LogP contribution in [0, 0.1) is 0 Å². The fraction of sp³-hybridized carbons (Fsp3) is 0.667. The van der Waals surface area contributed by atoms with Gasteiger partial charge in [-0.15, -0.1) is 0 Å². The van der Waals surface area contributed by atoms with Gasteiger partial charge in [-0.05, 0) is 44.7 Å². The fourth-order valence-corrected chi connectivity index (χ4v) is 2.84. The minimum atomic E-state index is -0.226. The van der Waals surface area contributed by atoms with E-state index < -0.39 is 0 Å². The molecule has 2 rings (SSSR count). The Labute approximate surface area is 165 Å². The molecule has 1 aromatic rings. The molecule has 0 amide bonds. The molecule has 2 heteroatoms. The van der Waals surface area contributed by atoms with Crippen molar-refractivity contribution in [3.8, 4) is 0 Å². The molecule has 0 saturated heterocycles. The smallest absolute Gasteiger partial charge is 0.104 e. The minimum Gasteiger partial charge on any atom is -0.365 e. The summed E-state index contributed by atoms with van der Waals surface area (Å²) in [7, 11) is 2.16. The van der Waals surface area contributed by atoms with E-state index in [1.807, 2.05) is 55.4 Å². The van der Waals surface area contributed by atoms with Crippen molar-refractivity contribution in [2.24, 2.45) is 0 Å². The Morgan fingerprint density at radius 3 is 1.77 bits per heavy atom. The van der Waals surface area contributed by atoms with Gasteiger partial charge in [0.2, 0.25) is 0 Å². The molecule has 0 saturated carbocycles. The van der Waals surface area contributed by atoms with Gasteiger partial charge in [-0.3, -0.25) is 4.90 Å². The number of rotatable bonds is 4. The van der Waals surface area contributed by atoms with E-state index in [1.54, 1.807) is 0 Å². The number of ether oxygens (including phenoxy) is 1. The van der Waals surface area contributed by atoms with Gasteiger partial charge in [-0.25, -0.2) is 0 Å². The van der Waals surface area contributed by atoms with Crippen LogP contribution in [-0.4, -0.2) is 30.7 Å². The maximum absolute atomic E-state index is 6.06. The van der Waals surface area contributed by atoms with Crippen LogP contribution in [0.1, 0.15) is 87.8 Å². The summed E-state index contributed by atoms with van der Waals surface area (Å²) in [6, 6.07) is 10.9. The first-order valence-electron chi connectivity index (χ1n) is 10.6. The topological polar surface area (TPSA) is 12.5 Å². The Hall–Kier alpha value is -1.12. The van der Waals surface area contributed by atoms with Crippen LogP contribution in [0.4, 0.5) is 0 Å². The summed E-state index contributed by atoms with van der Waals surface area (Å²) in [6.07, 6.45) is 2.27. The van der Waals surface area contributed by atoms with Crippen LogP contribution < -0.4 is 0 Å². The van der Waals surface area contributed by atoms with E-state index in [9.17, 15) is 0 Å². The molecular formula is C24H47NO. The molecule has 0 radical (unpaired) electrons. The van der Waals surface area contributed by atoms with E-state index in [-0.39, 0.29) is 11.6 Å². The SMILES string of the molecule is CC.CC.CC.CC.CCN(C)[C@@H](c1ccccc1)[C@@]1(C)C=C(C)CO1. The highest BCUT2D eigenvalue weighted by Crippen LogP contribution is 2.38. The van der Waals surface area contributed by atoms with E-state index in [0.717, 1.165) is 13.2 Å². The van der Waals surface area contributed by atoms with Crippen LogP contribution >= 0.6 is 0 Å². The maximum atomic E-state index is 6.06. The number of nitrogens with zero attached hydrogens (tertiary/aromatic N) is 1. The Bertz CT molecular complexity index is 427. The van der Waals surface area contributed by atoms with Crippen LogP contribution in [0.2, 0.25) is 0 Å². The maximum Gasteiger partial charge on any atom is 0.104 e. The third-order valence-corrected chi connectivity index (χ3v) is 3.74. The zero-order valence-electron chi connectivity index (χ0n) is 19.8. The van der Waals surface area contributed by atoms with Crippen molar-refractivity contribution < 1.29 is 4.74 Å². The number of benzene rings is 1. The van der Waals surface area contributed by atoms with Crippen LogP contribution in [0.3, 0.4) is 0 Å². The molecule has 26 heavy (non-hydrogen) atoms. The average Bonchev–Trinajstić information content (AvgIpc) is 3.08. The molecule has 0 N–H and O–H groups in total. The molecule has 154 valence electrons. The summed E-state index contributed by atoms with van der Waals surface area (Å²) >= 11 is 0. The molecule has 0 aliphatic carbocycles. The second kappa shape index (κ2) is 18.7. The first-order valence-corrected chi connectivity index (χ1v) is 10.6. The summed E-state index contributed by atoms with van der Waals surface area (Å²) in [5.41, 5.74) is 2.41. The monoisotopic (exact) mass is 365 g/mol. The van der Waals surface area contributed by atoms with E-state index in [2.05, 4.69) is 69.1 Å². The van der Waals surface area contributed by atoms with Crippen LogP contribution in [-0.2, 0) is 4.74 Å². The molecule has 1 heterocycles. The minimum absolute atomic E-state index is 0.226. The number of likely N-dealkylation sites (N-methyl/N-ethyl adjacent to an activating group) is 1. The van der Waals surface area contributed by atoms with Gasteiger partial charge >= 0.3 is 0 Å². The predicted octanol–water partition coefficient (Wildman–Crippen LogP) is 7.52. The van der Waals surface area contributed by atoms with Gasteiger partial charge in [0, 0.05) is 0 Å². The Balaban J connectivity index is -0.000000585. The van der Waals surface area contributed by atoms with Gasteiger partial charge in [-0.1, -0.05) is 92.6 Å². The first kappa shape index (κ1) is 29.6. The lowest BCUT2D eigenvalue weighted by atomic mass is 9.88. The molecule has 0 spiro atoms. The molecule has 0 aromatic heterocycles. The van der Waals surface area contributed by atoms with Crippen molar-refractivity contribution in [3.63, 3.8) is 0 Å². The summed E-state index contributed by atoms with van der Waals surface area (Å²) < 4.78 is 6.06. The second-order valence-corrected chi connectivity index (χ2v) is 5.35. The van der Waals surface area contributed by atoms with Crippen molar-refractivity contribution in [3.05, 3.63) is 47.5 Å². The van der Waals surface area contributed by atoms with Crippen LogP contribution in [0.15, 0.2) is 42.0 Å². The van der Waals surface area contributed by atoms with Crippen molar-refractivity contribution in [2.45, 2.75) is 87.8 Å². The lowest BCUT2D eigenvalue weighted by Crippen LogP contribution is -2.41. The average molecular weight is 366 g/mol. The summed E-state index contributed by atoms with van der Waals surface area (Å²) in [4.78, 5) is 2.35. The molecule has 1 aliphatic rings. The molecule has 0 bridgehead atoms. The molecule has 0 unspecified atom stereocenters. The van der Waals surface area contributed by atoms with Crippen molar-refractivity contribution in [2.75, 3.05) is 20.2 Å². The van der Waals surface area contributed by atoms with Crippen LogP contribution in [0.25, 0.3) is 0 Å². The Kier molecular flexibility index (Phi) is 21.3. The lowest BCUT2D eigenvalue weighted by molar-refractivity contribution is -0.0283. The fourth-order valence-electron chi connectivity index (χ4n) is 2.84. The largest absolute Gasteiger partial charge is 0.365 e. The highest BCUT2D eigenvalue weighted by Gasteiger charge is 2.39. The number of hydrogen-bond donors (Lipinski definition) is 0. The zero-order valence-corrected chi connectivity index (χ0v) is 19.8. The summed E-state index contributed by atoms with van der Waals surface area (Å²) in [5.74, 6) is 0. The van der Waals surface area contributed by atoms with Gasteiger partial charge in [-0.2, -0.15) is 0 Å². The zero-order chi connectivity index (χ0) is 21.2. The van der Waals surface area contributed by atoms with Crippen LogP contribution in [0.5, 0.6) is 0 Å². The number of hydrogen-bond acceptors (Lipinski definition) is 2. The van der Waals surface area contributed by atoms with E-state index >= 15 is 0 Å². The van der Waals surface area contributed by atoms with E-state index in [4.69, 9.17) is 4.74 Å². The van der Waals surface area contributed by atoms with Crippen molar-refractivity contribution in [1.82, 2.24) is 4.90 Å². The quantitative estimate of drug-likeness (QED) is 0.511. The molecule has 1 aliphatic heterocycles. The molecule has 2 nitrogen and oxygen atoms in total. The Morgan fingerprint density at radius 1 is 0.962 bits per heavy atom. The molecule has 1 aromatic carbocycles. The third-order valence-electron chi connectivity index (χ3n) is 3.74. The van der Waals surface area contributed by atoms with E-state index in [0.29, 0.717) is 0 Å². The van der Waals surface area contributed by atoms with Crippen molar-refractivity contribution in [1.29, 1.82) is 0 Å². The van der Waals surface area contributed by atoms with Gasteiger partial charge in [0.25, 0.3) is 0 Å². The normalized spacial score (nSPS) is 18.4. The summed E-state index contributed by atoms with van der Waals surface area (Å²) in [6.45, 7) is 24.3. The van der Waals surface area contributed by atoms with Crippen molar-refractivity contribution >= 4 is 0 Å². The molecule has 0 fully saturated rings. The first-order chi connectivity index (χ1) is 12.6. The van der Waals surface area contributed by atoms with Gasteiger partial charge < -0.3 is 4.74 Å². The summed E-state index contributed by atoms with van der Waals surface area (Å²) in [5, 5.41) is 0. The Morgan fingerprint density at radius 2 is 1.42 bits per heavy atom. The highest BCUT2D eigenvalue weighted by atomic mass is 16.5. The lowest BCUT2D eigenvalue weighted by Gasteiger charge is -2.38. The standard InChI is InChI=1S/C16H23NO.4C2H6/c1-5-17(4)15(14-9-7-6-8-10-14)16(3)11-13(2)12-18-16;4*1-2/h6-11,15H,5,12H2,1-4H3;4*1-2H3/t15-,16+;;;;/m0..../s1. The van der Waals surface area contributed by atoms with E-state index in [1.165, 1.54) is 11.1 Å².